The van der Waals surface area contributed by atoms with Crippen LogP contribution in [-0.2, 0) is 17.6 Å². The van der Waals surface area contributed by atoms with E-state index < -0.39 is 0 Å². The van der Waals surface area contributed by atoms with Gasteiger partial charge in [-0.25, -0.2) is 0 Å². The fourth-order valence-corrected chi connectivity index (χ4v) is 3.60. The number of likely N-dealkylation sites (N-methyl/N-ethyl adjacent to an activating group) is 1. The maximum atomic E-state index is 12.4. The van der Waals surface area contributed by atoms with Gasteiger partial charge in [0.05, 0.1) is 17.9 Å². The zero-order valence-corrected chi connectivity index (χ0v) is 16.6. The molecule has 5 heteroatoms. The number of nitrogens with one attached hydrogen (secondary N) is 1. The van der Waals surface area contributed by atoms with E-state index in [0.717, 1.165) is 48.5 Å². The number of carbonyl (C=O) groups excluding carboxylic acids is 1. The Morgan fingerprint density at radius 1 is 1.35 bits per heavy atom. The molecule has 5 nitrogen and oxygen atoms in total. The Hall–Kier alpha value is -2.17. The number of allylic oxidation sites excluding steroid dienone is 1. The molecule has 1 aromatic heterocycles. The number of fused-ring (bicyclic) bond motifs is 1. The van der Waals surface area contributed by atoms with Crippen molar-refractivity contribution in [2.24, 2.45) is 10.9 Å². The molecule has 0 aromatic carbocycles. The minimum Gasteiger partial charge on any atom is -0.365 e. The normalized spacial score (nSPS) is 19.1. The summed E-state index contributed by atoms with van der Waals surface area (Å²) in [6.45, 7) is 8.54. The Balaban J connectivity index is 1.89. The molecule has 2 aliphatic rings. The average molecular weight is 354 g/mol. The van der Waals surface area contributed by atoms with Crippen molar-refractivity contribution < 1.29 is 4.79 Å². The molecule has 1 amide bonds. The van der Waals surface area contributed by atoms with Gasteiger partial charge in [-0.3, -0.25) is 14.8 Å². The van der Waals surface area contributed by atoms with E-state index in [1.807, 2.05) is 38.9 Å². The van der Waals surface area contributed by atoms with Gasteiger partial charge in [0.15, 0.2) is 0 Å². The maximum Gasteiger partial charge on any atom is 0.239 e. The fraction of sp³-hybridized carbons (Fsp3) is 0.571. The standard InChI is InChI=1S/C21H30N4O/c1-14-9-10-22-17(11-14)18-12-19(15-7-6-8-16(15)23-18)25(5)13-20(26)24-21(2,3)4/h10-12,14H,6-9,13H2,1-5H3,(H,24,26)/t14-/m1/s1. The molecule has 1 atom stereocenters. The van der Waals surface area contributed by atoms with Crippen LogP contribution in [0.15, 0.2) is 17.1 Å². The van der Waals surface area contributed by atoms with Gasteiger partial charge in [0.1, 0.15) is 0 Å². The van der Waals surface area contributed by atoms with E-state index >= 15 is 0 Å². The molecule has 0 radical (unpaired) electrons. The molecule has 26 heavy (non-hydrogen) atoms. The second-order valence-corrected chi connectivity index (χ2v) is 8.54. The maximum absolute atomic E-state index is 12.4. The molecule has 0 unspecified atom stereocenters. The fourth-order valence-electron chi connectivity index (χ4n) is 3.60. The molecule has 3 rings (SSSR count). The van der Waals surface area contributed by atoms with Crippen LogP contribution in [0.4, 0.5) is 5.69 Å². The van der Waals surface area contributed by atoms with E-state index in [2.05, 4.69) is 29.4 Å². The number of nitrogens with zero attached hydrogens (tertiary/aromatic N) is 3. The van der Waals surface area contributed by atoms with Crippen LogP contribution in [-0.4, -0.2) is 36.2 Å². The van der Waals surface area contributed by atoms with Gasteiger partial charge in [-0.05, 0) is 64.0 Å². The first-order valence-electron chi connectivity index (χ1n) is 9.52. The average Bonchev–Trinajstić information content (AvgIpc) is 3.00. The van der Waals surface area contributed by atoms with Gasteiger partial charge >= 0.3 is 0 Å². The predicted molar refractivity (Wildman–Crippen MR) is 108 cm³/mol. The Morgan fingerprint density at radius 2 is 2.12 bits per heavy atom. The van der Waals surface area contributed by atoms with Gasteiger partial charge in [0.2, 0.25) is 5.91 Å². The van der Waals surface area contributed by atoms with Crippen molar-refractivity contribution >= 4 is 23.5 Å². The lowest BCUT2D eigenvalue weighted by atomic mass is 10.0. The van der Waals surface area contributed by atoms with Crippen molar-refractivity contribution in [3.05, 3.63) is 29.1 Å². The van der Waals surface area contributed by atoms with E-state index in [4.69, 9.17) is 4.98 Å². The van der Waals surface area contributed by atoms with Gasteiger partial charge in [0, 0.05) is 30.2 Å². The zero-order valence-electron chi connectivity index (χ0n) is 16.6. The van der Waals surface area contributed by atoms with Gasteiger partial charge in [-0.1, -0.05) is 13.0 Å². The third-order valence-electron chi connectivity index (χ3n) is 4.75. The number of hydrogen-bond acceptors (Lipinski definition) is 4. The van der Waals surface area contributed by atoms with Gasteiger partial charge < -0.3 is 10.2 Å². The van der Waals surface area contributed by atoms with Crippen molar-refractivity contribution in [1.29, 1.82) is 0 Å². The van der Waals surface area contributed by atoms with Crippen molar-refractivity contribution in [1.82, 2.24) is 10.3 Å². The van der Waals surface area contributed by atoms with E-state index in [1.54, 1.807) is 0 Å². The molecular weight excluding hydrogens is 324 g/mol. The second kappa shape index (κ2) is 7.22. The van der Waals surface area contributed by atoms with E-state index in [9.17, 15) is 4.79 Å². The summed E-state index contributed by atoms with van der Waals surface area (Å²) < 4.78 is 0. The summed E-state index contributed by atoms with van der Waals surface area (Å²) in [5, 5.41) is 3.04. The summed E-state index contributed by atoms with van der Waals surface area (Å²) in [7, 11) is 1.99. The van der Waals surface area contributed by atoms with Crippen LogP contribution in [0.25, 0.3) is 5.70 Å². The number of aliphatic imine (C=N–C) groups is 1. The largest absolute Gasteiger partial charge is 0.365 e. The van der Waals surface area contributed by atoms with Crippen LogP contribution >= 0.6 is 0 Å². The number of hydrogen-bond donors (Lipinski definition) is 1. The molecule has 0 saturated carbocycles. The molecule has 0 fully saturated rings. The summed E-state index contributed by atoms with van der Waals surface area (Å²) >= 11 is 0. The van der Waals surface area contributed by atoms with Crippen LogP contribution in [0, 0.1) is 5.92 Å². The highest BCUT2D eigenvalue weighted by Crippen LogP contribution is 2.33. The SMILES string of the molecule is C[C@H]1C=C(c2cc(N(C)CC(=O)NC(C)(C)C)c3c(n2)CCC3)N=CC1. The molecule has 0 spiro atoms. The van der Waals surface area contributed by atoms with Crippen molar-refractivity contribution in [2.75, 3.05) is 18.5 Å². The number of rotatable bonds is 4. The summed E-state index contributed by atoms with van der Waals surface area (Å²) in [6.07, 6.45) is 8.31. The minimum absolute atomic E-state index is 0.0358. The highest BCUT2D eigenvalue weighted by atomic mass is 16.2. The van der Waals surface area contributed by atoms with Crippen LogP contribution < -0.4 is 10.2 Å². The number of pyridine rings is 1. The number of aryl methyl sites for hydroxylation is 1. The van der Waals surface area contributed by atoms with Gasteiger partial charge in [-0.2, -0.15) is 0 Å². The Labute approximate surface area is 156 Å². The third kappa shape index (κ3) is 4.32. The van der Waals surface area contributed by atoms with Crippen LogP contribution in [0.2, 0.25) is 0 Å². The van der Waals surface area contributed by atoms with Gasteiger partial charge in [0.25, 0.3) is 0 Å². The quantitative estimate of drug-likeness (QED) is 0.902. The topological polar surface area (TPSA) is 57.6 Å². The van der Waals surface area contributed by atoms with Crippen LogP contribution in [0.3, 0.4) is 0 Å². The lowest BCUT2D eigenvalue weighted by Gasteiger charge is -2.26. The van der Waals surface area contributed by atoms with E-state index in [-0.39, 0.29) is 11.4 Å². The molecule has 1 aromatic rings. The summed E-state index contributed by atoms with van der Waals surface area (Å²) in [4.78, 5) is 23.9. The Bertz CT molecular complexity index is 758. The summed E-state index contributed by atoms with van der Waals surface area (Å²) in [5.41, 5.74) is 5.21. The molecular formula is C21H30N4O. The first kappa shape index (κ1) is 18.6. The number of amides is 1. The van der Waals surface area contributed by atoms with Crippen molar-refractivity contribution in [3.63, 3.8) is 0 Å². The number of anilines is 1. The van der Waals surface area contributed by atoms with Crippen molar-refractivity contribution in [2.45, 2.75) is 58.9 Å². The molecule has 1 N–H and O–H groups in total. The van der Waals surface area contributed by atoms with Crippen molar-refractivity contribution in [3.8, 4) is 0 Å². The summed E-state index contributed by atoms with van der Waals surface area (Å²) in [5.74, 6) is 0.518. The minimum atomic E-state index is -0.221. The zero-order chi connectivity index (χ0) is 18.9. The van der Waals surface area contributed by atoms with Gasteiger partial charge in [-0.15, -0.1) is 0 Å². The molecule has 2 heterocycles. The number of aromatic nitrogens is 1. The highest BCUT2D eigenvalue weighted by molar-refractivity contribution is 5.83. The molecule has 1 aliphatic heterocycles. The molecule has 1 aliphatic carbocycles. The smallest absolute Gasteiger partial charge is 0.239 e. The number of carbonyl (C=O) groups is 1. The summed E-state index contributed by atoms with van der Waals surface area (Å²) in [6, 6.07) is 2.11. The Kier molecular flexibility index (Phi) is 5.17. The highest BCUT2D eigenvalue weighted by Gasteiger charge is 2.23. The molecule has 0 bridgehead atoms. The first-order valence-corrected chi connectivity index (χ1v) is 9.52. The molecule has 140 valence electrons. The van der Waals surface area contributed by atoms with Crippen LogP contribution in [0.1, 0.15) is 57.5 Å². The molecule has 0 saturated heterocycles. The Morgan fingerprint density at radius 3 is 2.81 bits per heavy atom. The lowest BCUT2D eigenvalue weighted by molar-refractivity contribution is -0.121. The first-order chi connectivity index (χ1) is 12.2. The second-order valence-electron chi connectivity index (χ2n) is 8.54. The van der Waals surface area contributed by atoms with E-state index in [0.29, 0.717) is 12.5 Å². The lowest BCUT2D eigenvalue weighted by Crippen LogP contribution is -2.45. The predicted octanol–water partition coefficient (Wildman–Crippen LogP) is 3.37. The van der Waals surface area contributed by atoms with Crippen LogP contribution in [0.5, 0.6) is 0 Å². The van der Waals surface area contributed by atoms with E-state index in [1.165, 1.54) is 5.56 Å². The monoisotopic (exact) mass is 354 g/mol. The third-order valence-corrected chi connectivity index (χ3v) is 4.75.